The maximum atomic E-state index is 12.8. The SMILES string of the molecule is CCCCCC(Sc1cc(Oc2ccc(C(F)(F)F)cc2Cl)ccc1C)C(=O)O. The van der Waals surface area contributed by atoms with Gasteiger partial charge in [0.05, 0.1) is 10.6 Å². The van der Waals surface area contributed by atoms with Crippen molar-refractivity contribution in [1.29, 1.82) is 0 Å². The molecule has 29 heavy (non-hydrogen) atoms. The van der Waals surface area contributed by atoms with Crippen molar-refractivity contribution in [2.75, 3.05) is 0 Å². The van der Waals surface area contributed by atoms with Crippen LogP contribution in [0.1, 0.15) is 43.7 Å². The van der Waals surface area contributed by atoms with Crippen LogP contribution in [0.3, 0.4) is 0 Å². The highest BCUT2D eigenvalue weighted by molar-refractivity contribution is 8.00. The van der Waals surface area contributed by atoms with Gasteiger partial charge in [-0.15, -0.1) is 11.8 Å². The van der Waals surface area contributed by atoms with E-state index < -0.39 is 23.0 Å². The summed E-state index contributed by atoms with van der Waals surface area (Å²) >= 11 is 7.19. The monoisotopic (exact) mass is 446 g/mol. The zero-order valence-electron chi connectivity index (χ0n) is 16.1. The molecule has 0 radical (unpaired) electrons. The lowest BCUT2D eigenvalue weighted by Gasteiger charge is -2.15. The molecule has 2 aromatic carbocycles. The van der Waals surface area contributed by atoms with Gasteiger partial charge in [0.1, 0.15) is 16.7 Å². The third-order valence-electron chi connectivity index (χ3n) is 4.26. The number of unbranched alkanes of at least 4 members (excludes halogenated alkanes) is 2. The third kappa shape index (κ3) is 6.85. The summed E-state index contributed by atoms with van der Waals surface area (Å²) in [7, 11) is 0. The minimum absolute atomic E-state index is 0.0946. The molecule has 0 saturated carbocycles. The summed E-state index contributed by atoms with van der Waals surface area (Å²) in [4.78, 5) is 12.3. The number of ether oxygens (including phenoxy) is 1. The zero-order valence-corrected chi connectivity index (χ0v) is 17.6. The van der Waals surface area contributed by atoms with Crippen LogP contribution in [0.15, 0.2) is 41.3 Å². The summed E-state index contributed by atoms with van der Waals surface area (Å²) < 4.78 is 44.0. The maximum absolute atomic E-state index is 12.8. The van der Waals surface area contributed by atoms with Gasteiger partial charge in [-0.1, -0.05) is 43.9 Å². The van der Waals surface area contributed by atoms with Gasteiger partial charge in [-0.05, 0) is 49.2 Å². The molecule has 0 aliphatic carbocycles. The van der Waals surface area contributed by atoms with Gasteiger partial charge in [0.25, 0.3) is 0 Å². The molecule has 0 aliphatic heterocycles. The highest BCUT2D eigenvalue weighted by Gasteiger charge is 2.31. The van der Waals surface area contributed by atoms with E-state index in [1.165, 1.54) is 17.8 Å². The van der Waals surface area contributed by atoms with Gasteiger partial charge in [0, 0.05) is 4.90 Å². The molecule has 0 aliphatic rings. The summed E-state index contributed by atoms with van der Waals surface area (Å²) in [5.41, 5.74) is 0.0361. The Kier molecular flexibility index (Phi) is 8.28. The molecule has 0 amide bonds. The van der Waals surface area contributed by atoms with Crippen LogP contribution in [0.5, 0.6) is 11.5 Å². The Morgan fingerprint density at radius 3 is 2.52 bits per heavy atom. The smallest absolute Gasteiger partial charge is 0.416 e. The van der Waals surface area contributed by atoms with Crippen molar-refractivity contribution in [2.45, 2.75) is 55.9 Å². The molecular formula is C21H22ClF3O3S. The largest absolute Gasteiger partial charge is 0.480 e. The molecule has 1 N–H and O–H groups in total. The van der Waals surface area contributed by atoms with Crippen molar-refractivity contribution >= 4 is 29.3 Å². The molecule has 3 nitrogen and oxygen atoms in total. The van der Waals surface area contributed by atoms with Crippen LogP contribution in [-0.4, -0.2) is 16.3 Å². The van der Waals surface area contributed by atoms with E-state index in [4.69, 9.17) is 16.3 Å². The number of aryl methyl sites for hydroxylation is 1. The molecule has 2 aromatic rings. The fraction of sp³-hybridized carbons (Fsp3) is 0.381. The van der Waals surface area contributed by atoms with Crippen molar-refractivity contribution < 1.29 is 27.8 Å². The number of carboxylic acids is 1. The van der Waals surface area contributed by atoms with E-state index in [1.54, 1.807) is 18.2 Å². The number of aliphatic carboxylic acids is 1. The number of thioether (sulfide) groups is 1. The van der Waals surface area contributed by atoms with E-state index in [9.17, 15) is 23.1 Å². The minimum Gasteiger partial charge on any atom is -0.480 e. The topological polar surface area (TPSA) is 46.5 Å². The van der Waals surface area contributed by atoms with Crippen LogP contribution >= 0.6 is 23.4 Å². The Balaban J connectivity index is 2.19. The van der Waals surface area contributed by atoms with Gasteiger partial charge in [-0.3, -0.25) is 4.79 Å². The predicted octanol–water partition coefficient (Wildman–Crippen LogP) is 7.59. The van der Waals surface area contributed by atoms with Crippen LogP contribution < -0.4 is 4.74 Å². The Morgan fingerprint density at radius 2 is 1.93 bits per heavy atom. The molecular weight excluding hydrogens is 425 g/mol. The van der Waals surface area contributed by atoms with Crippen molar-refractivity contribution in [2.24, 2.45) is 0 Å². The minimum atomic E-state index is -4.49. The fourth-order valence-electron chi connectivity index (χ4n) is 2.62. The Hall–Kier alpha value is -1.86. The second-order valence-corrected chi connectivity index (χ2v) is 8.26. The summed E-state index contributed by atoms with van der Waals surface area (Å²) in [5, 5.41) is 8.76. The molecule has 8 heteroatoms. The lowest BCUT2D eigenvalue weighted by Crippen LogP contribution is -2.16. The van der Waals surface area contributed by atoms with E-state index in [0.717, 1.165) is 41.9 Å². The number of alkyl halides is 3. The fourth-order valence-corrected chi connectivity index (χ4v) is 3.97. The highest BCUT2D eigenvalue weighted by atomic mass is 35.5. The van der Waals surface area contributed by atoms with Gasteiger partial charge in [0.2, 0.25) is 0 Å². The molecule has 158 valence electrons. The van der Waals surface area contributed by atoms with Crippen molar-refractivity contribution in [3.8, 4) is 11.5 Å². The predicted molar refractivity (Wildman–Crippen MR) is 109 cm³/mol. The number of hydrogen-bond acceptors (Lipinski definition) is 3. The summed E-state index contributed by atoms with van der Waals surface area (Å²) in [6, 6.07) is 8.02. The van der Waals surface area contributed by atoms with Gasteiger partial charge in [-0.2, -0.15) is 13.2 Å². The first-order valence-electron chi connectivity index (χ1n) is 9.16. The maximum Gasteiger partial charge on any atom is 0.416 e. The van der Waals surface area contributed by atoms with Gasteiger partial charge < -0.3 is 9.84 Å². The molecule has 2 rings (SSSR count). The van der Waals surface area contributed by atoms with Crippen molar-refractivity contribution in [3.05, 3.63) is 52.5 Å². The van der Waals surface area contributed by atoms with Gasteiger partial charge >= 0.3 is 12.1 Å². The number of carboxylic acid groups (broad SMARTS) is 1. The molecule has 0 heterocycles. The summed E-state index contributed by atoms with van der Waals surface area (Å²) in [5.74, 6) is -0.405. The average molecular weight is 447 g/mol. The summed E-state index contributed by atoms with van der Waals surface area (Å²) in [6.07, 6.45) is -1.12. The van der Waals surface area contributed by atoms with Crippen LogP contribution in [0.2, 0.25) is 5.02 Å². The number of benzene rings is 2. The second-order valence-electron chi connectivity index (χ2n) is 6.61. The quantitative estimate of drug-likeness (QED) is 0.318. The second kappa shape index (κ2) is 10.3. The number of rotatable bonds is 9. The summed E-state index contributed by atoms with van der Waals surface area (Å²) in [6.45, 7) is 3.92. The van der Waals surface area contributed by atoms with E-state index in [0.29, 0.717) is 12.2 Å². The highest BCUT2D eigenvalue weighted by Crippen LogP contribution is 2.38. The van der Waals surface area contributed by atoms with Crippen molar-refractivity contribution in [1.82, 2.24) is 0 Å². The van der Waals surface area contributed by atoms with Crippen LogP contribution in [0, 0.1) is 6.92 Å². The number of carbonyl (C=O) groups is 1. The first-order valence-corrected chi connectivity index (χ1v) is 10.4. The zero-order chi connectivity index (χ0) is 21.6. The molecule has 1 unspecified atom stereocenters. The Morgan fingerprint density at radius 1 is 1.21 bits per heavy atom. The first kappa shape index (κ1) is 23.4. The first-order chi connectivity index (χ1) is 13.6. The van der Waals surface area contributed by atoms with E-state index in [1.807, 2.05) is 6.92 Å². The van der Waals surface area contributed by atoms with Gasteiger partial charge in [-0.25, -0.2) is 0 Å². The lowest BCUT2D eigenvalue weighted by atomic mass is 10.1. The molecule has 0 bridgehead atoms. The Labute approximate surface area is 177 Å². The molecule has 0 saturated heterocycles. The normalized spacial score (nSPS) is 12.6. The van der Waals surface area contributed by atoms with Crippen LogP contribution in [-0.2, 0) is 11.0 Å². The molecule has 0 aromatic heterocycles. The van der Waals surface area contributed by atoms with E-state index in [2.05, 4.69) is 6.92 Å². The number of hydrogen-bond donors (Lipinski definition) is 1. The molecule has 0 spiro atoms. The standard InChI is InChI=1S/C21H22ClF3O3S/c1-3-4-5-6-18(20(26)27)29-19-12-15(9-7-13(19)2)28-17-10-8-14(11-16(17)22)21(23,24)25/h7-12,18H,3-6H2,1-2H3,(H,26,27). The van der Waals surface area contributed by atoms with Crippen molar-refractivity contribution in [3.63, 3.8) is 0 Å². The average Bonchev–Trinajstić information content (AvgIpc) is 2.64. The third-order valence-corrected chi connectivity index (χ3v) is 5.97. The molecule has 1 atom stereocenters. The number of halogens is 4. The lowest BCUT2D eigenvalue weighted by molar-refractivity contribution is -0.138. The Bertz CT molecular complexity index is 856. The molecule has 0 fully saturated rings. The van der Waals surface area contributed by atoms with Gasteiger partial charge in [0.15, 0.2) is 0 Å². The van der Waals surface area contributed by atoms with E-state index in [-0.39, 0.29) is 10.8 Å². The van der Waals surface area contributed by atoms with Crippen LogP contribution in [0.25, 0.3) is 0 Å². The van der Waals surface area contributed by atoms with E-state index >= 15 is 0 Å². The van der Waals surface area contributed by atoms with Crippen LogP contribution in [0.4, 0.5) is 13.2 Å².